The number of aromatic hydroxyl groups is 1. The second-order valence-electron chi connectivity index (χ2n) is 5.42. The van der Waals surface area contributed by atoms with Crippen molar-refractivity contribution in [3.05, 3.63) is 58.7 Å². The lowest BCUT2D eigenvalue weighted by atomic mass is 10.0. The fourth-order valence-corrected chi connectivity index (χ4v) is 2.07. The highest BCUT2D eigenvalue weighted by atomic mass is 19.4. The Labute approximate surface area is 154 Å². The van der Waals surface area contributed by atoms with Gasteiger partial charge in [-0.15, -0.1) is 0 Å². The third-order valence-electron chi connectivity index (χ3n) is 3.46. The Morgan fingerprint density at radius 3 is 2.07 bits per heavy atom. The fourth-order valence-electron chi connectivity index (χ4n) is 2.07. The summed E-state index contributed by atoms with van der Waals surface area (Å²) in [6, 6.07) is 4.55. The molecule has 28 heavy (non-hydrogen) atoms. The molecule has 150 valence electrons. The first-order chi connectivity index (χ1) is 12.9. The molecule has 2 N–H and O–H groups in total. The first-order valence-corrected chi connectivity index (χ1v) is 7.41. The summed E-state index contributed by atoms with van der Waals surface area (Å²) in [5.74, 6) is -1.22. The summed E-state index contributed by atoms with van der Waals surface area (Å²) in [5, 5.41) is 13.2. The van der Waals surface area contributed by atoms with E-state index in [4.69, 9.17) is 4.74 Å². The second-order valence-corrected chi connectivity index (χ2v) is 5.42. The lowest BCUT2D eigenvalue weighted by molar-refractivity contribution is -0.143. The Hall–Kier alpha value is -3.24. The van der Waals surface area contributed by atoms with Crippen molar-refractivity contribution in [3.63, 3.8) is 0 Å². The zero-order valence-electron chi connectivity index (χ0n) is 14.0. The number of benzene rings is 2. The Balaban J connectivity index is 2.26. The molecule has 0 heterocycles. The summed E-state index contributed by atoms with van der Waals surface area (Å²) in [6.45, 7) is 0. The molecule has 0 aliphatic rings. The van der Waals surface area contributed by atoms with Gasteiger partial charge in [0.15, 0.2) is 0 Å². The quantitative estimate of drug-likeness (QED) is 0.454. The van der Waals surface area contributed by atoms with Crippen molar-refractivity contribution in [1.29, 1.82) is 0 Å². The van der Waals surface area contributed by atoms with Crippen LogP contribution in [-0.2, 0) is 12.4 Å². The summed E-state index contributed by atoms with van der Waals surface area (Å²) >= 11 is 0. The van der Waals surface area contributed by atoms with E-state index in [0.717, 1.165) is 6.21 Å². The molecule has 0 fully saturated rings. The van der Waals surface area contributed by atoms with E-state index in [9.17, 15) is 36.2 Å². The van der Waals surface area contributed by atoms with Crippen LogP contribution in [0.4, 0.5) is 26.3 Å². The average molecular weight is 406 g/mol. The maximum atomic E-state index is 12.8. The Morgan fingerprint density at radius 2 is 1.61 bits per heavy atom. The van der Waals surface area contributed by atoms with E-state index in [1.165, 1.54) is 25.3 Å². The number of alkyl halides is 6. The molecule has 0 saturated heterocycles. The Bertz CT molecular complexity index is 874. The van der Waals surface area contributed by atoms with Crippen LogP contribution in [0.2, 0.25) is 0 Å². The molecule has 0 unspecified atom stereocenters. The third-order valence-corrected chi connectivity index (χ3v) is 3.46. The van der Waals surface area contributed by atoms with E-state index in [-0.39, 0.29) is 29.5 Å². The van der Waals surface area contributed by atoms with Crippen molar-refractivity contribution in [2.75, 3.05) is 7.11 Å². The molecule has 0 bridgehead atoms. The number of carbonyl (C=O) groups excluding carboxylic acids is 1. The highest BCUT2D eigenvalue weighted by Crippen LogP contribution is 2.36. The molecular weight excluding hydrogens is 394 g/mol. The number of methoxy groups -OCH3 is 1. The van der Waals surface area contributed by atoms with Gasteiger partial charge in [0.1, 0.15) is 11.5 Å². The number of halogens is 6. The topological polar surface area (TPSA) is 70.9 Å². The van der Waals surface area contributed by atoms with E-state index in [2.05, 4.69) is 5.10 Å². The summed E-state index contributed by atoms with van der Waals surface area (Å²) in [6.07, 6.45) is -9.19. The molecule has 0 saturated carbocycles. The van der Waals surface area contributed by atoms with Gasteiger partial charge in [0.05, 0.1) is 24.5 Å². The van der Waals surface area contributed by atoms with Crippen molar-refractivity contribution >= 4 is 12.1 Å². The van der Waals surface area contributed by atoms with Crippen LogP contribution < -0.4 is 10.2 Å². The number of nitrogens with one attached hydrogen (secondary N) is 1. The first-order valence-electron chi connectivity index (χ1n) is 7.41. The molecule has 0 radical (unpaired) electrons. The molecule has 0 atom stereocenters. The van der Waals surface area contributed by atoms with Gasteiger partial charge in [-0.05, 0) is 30.3 Å². The fraction of sp³-hybridized carbons (Fsp3) is 0.176. The number of hydrogen-bond acceptors (Lipinski definition) is 4. The maximum absolute atomic E-state index is 12.8. The Morgan fingerprint density at radius 1 is 1.04 bits per heavy atom. The molecule has 0 aliphatic heterocycles. The van der Waals surface area contributed by atoms with Gasteiger partial charge in [-0.3, -0.25) is 4.79 Å². The van der Waals surface area contributed by atoms with Gasteiger partial charge in [-0.25, -0.2) is 5.43 Å². The number of carbonyl (C=O) groups is 1. The van der Waals surface area contributed by atoms with Crippen LogP contribution in [0.25, 0.3) is 0 Å². The van der Waals surface area contributed by atoms with Crippen LogP contribution in [0.1, 0.15) is 27.0 Å². The normalized spacial score (nSPS) is 12.2. The molecule has 2 rings (SSSR count). The molecule has 0 spiro atoms. The standard InChI is InChI=1S/C17H12F6N2O3/c1-28-13-3-2-9(14(26)7-13)8-24-25-15(27)10-4-11(16(18,19)20)6-12(5-10)17(21,22)23/h2-8,26H,1H3,(H,25,27)/b24-8+. The van der Waals surface area contributed by atoms with Crippen molar-refractivity contribution in [2.45, 2.75) is 12.4 Å². The van der Waals surface area contributed by atoms with E-state index in [1.807, 2.05) is 5.43 Å². The summed E-state index contributed by atoms with van der Waals surface area (Å²) in [4.78, 5) is 11.9. The Kier molecular flexibility index (Phi) is 5.86. The van der Waals surface area contributed by atoms with Gasteiger partial charge in [0, 0.05) is 17.2 Å². The van der Waals surface area contributed by atoms with Crippen LogP contribution >= 0.6 is 0 Å². The minimum Gasteiger partial charge on any atom is -0.507 e. The highest BCUT2D eigenvalue weighted by Gasteiger charge is 2.37. The minimum atomic E-state index is -5.07. The highest BCUT2D eigenvalue weighted by molar-refractivity contribution is 5.95. The number of nitrogens with zero attached hydrogens (tertiary/aromatic N) is 1. The zero-order chi connectivity index (χ0) is 21.1. The number of rotatable bonds is 4. The predicted octanol–water partition coefficient (Wildman–Crippen LogP) is 4.20. The van der Waals surface area contributed by atoms with Gasteiger partial charge < -0.3 is 9.84 Å². The molecular formula is C17H12F6N2O3. The number of phenolic OH excluding ortho intramolecular Hbond substituents is 1. The van der Waals surface area contributed by atoms with E-state index >= 15 is 0 Å². The summed E-state index contributed by atoms with van der Waals surface area (Å²) in [7, 11) is 1.37. The monoisotopic (exact) mass is 406 g/mol. The molecule has 11 heteroatoms. The number of hydrazone groups is 1. The smallest absolute Gasteiger partial charge is 0.416 e. The first kappa shape index (κ1) is 21.1. The van der Waals surface area contributed by atoms with Gasteiger partial charge >= 0.3 is 12.4 Å². The van der Waals surface area contributed by atoms with Gasteiger partial charge in [0.2, 0.25) is 0 Å². The number of amides is 1. The van der Waals surface area contributed by atoms with E-state index in [0.29, 0.717) is 5.75 Å². The molecule has 2 aromatic carbocycles. The molecule has 0 aliphatic carbocycles. The summed E-state index contributed by atoms with van der Waals surface area (Å²) < 4.78 is 81.7. The van der Waals surface area contributed by atoms with Gasteiger partial charge in [-0.2, -0.15) is 31.4 Å². The van der Waals surface area contributed by atoms with Crippen molar-refractivity contribution < 1.29 is 41.0 Å². The van der Waals surface area contributed by atoms with Gasteiger partial charge in [-0.1, -0.05) is 0 Å². The molecule has 2 aromatic rings. The lowest BCUT2D eigenvalue weighted by Gasteiger charge is -2.13. The molecule has 0 aromatic heterocycles. The van der Waals surface area contributed by atoms with E-state index < -0.39 is 35.0 Å². The third kappa shape index (κ3) is 5.15. The SMILES string of the molecule is COc1ccc(/C=N/NC(=O)c2cc(C(F)(F)F)cc(C(F)(F)F)c2)c(O)c1. The van der Waals surface area contributed by atoms with Crippen LogP contribution in [0, 0.1) is 0 Å². The van der Waals surface area contributed by atoms with Crippen LogP contribution in [0.5, 0.6) is 11.5 Å². The zero-order valence-corrected chi connectivity index (χ0v) is 14.0. The van der Waals surface area contributed by atoms with Gasteiger partial charge in [0.25, 0.3) is 5.91 Å². The number of ether oxygens (including phenoxy) is 1. The molecule has 1 amide bonds. The van der Waals surface area contributed by atoms with Crippen molar-refractivity contribution in [3.8, 4) is 11.5 Å². The minimum absolute atomic E-state index is 0.0879. The average Bonchev–Trinajstić information content (AvgIpc) is 2.61. The second kappa shape index (κ2) is 7.79. The van der Waals surface area contributed by atoms with Crippen molar-refractivity contribution in [1.82, 2.24) is 5.43 Å². The van der Waals surface area contributed by atoms with E-state index in [1.54, 1.807) is 0 Å². The summed E-state index contributed by atoms with van der Waals surface area (Å²) in [5.41, 5.74) is -2.18. The van der Waals surface area contributed by atoms with Crippen molar-refractivity contribution in [2.24, 2.45) is 5.10 Å². The van der Waals surface area contributed by atoms with Crippen LogP contribution in [0.15, 0.2) is 41.5 Å². The molecule has 5 nitrogen and oxygen atoms in total. The maximum Gasteiger partial charge on any atom is 0.416 e. The largest absolute Gasteiger partial charge is 0.507 e. The van der Waals surface area contributed by atoms with Crippen LogP contribution in [-0.4, -0.2) is 24.3 Å². The predicted molar refractivity (Wildman–Crippen MR) is 86.2 cm³/mol. The van der Waals surface area contributed by atoms with Crippen LogP contribution in [0.3, 0.4) is 0 Å². The number of phenols is 1. The lowest BCUT2D eigenvalue weighted by Crippen LogP contribution is -2.20. The number of hydrogen-bond donors (Lipinski definition) is 2.